The topological polar surface area (TPSA) is 60.1 Å². The zero-order valence-electron chi connectivity index (χ0n) is 13.7. The molecular formula is C18H18FN3O2. The molecular weight excluding hydrogens is 309 g/mol. The van der Waals surface area contributed by atoms with Gasteiger partial charge in [0.1, 0.15) is 11.6 Å². The first-order valence-corrected chi connectivity index (χ1v) is 7.56. The maximum atomic E-state index is 13.2. The Hall–Kier alpha value is -2.89. The SMILES string of the molecule is CC(C)(C)c1cc(NC(=O)c2ccco2)n(-c2ccc(F)cc2)n1. The molecule has 0 saturated carbocycles. The molecule has 24 heavy (non-hydrogen) atoms. The number of benzene rings is 1. The van der Waals surface area contributed by atoms with E-state index in [0.717, 1.165) is 5.69 Å². The number of rotatable bonds is 3. The first kappa shape index (κ1) is 16.0. The zero-order valence-corrected chi connectivity index (χ0v) is 13.7. The van der Waals surface area contributed by atoms with Gasteiger partial charge in [-0.1, -0.05) is 20.8 Å². The second-order valence-corrected chi connectivity index (χ2v) is 6.48. The van der Waals surface area contributed by atoms with Crippen LogP contribution in [0, 0.1) is 5.82 Å². The quantitative estimate of drug-likeness (QED) is 0.786. The summed E-state index contributed by atoms with van der Waals surface area (Å²) in [5, 5.41) is 7.36. The highest BCUT2D eigenvalue weighted by Gasteiger charge is 2.22. The molecule has 0 unspecified atom stereocenters. The largest absolute Gasteiger partial charge is 0.459 e. The Balaban J connectivity index is 2.01. The average molecular weight is 327 g/mol. The summed E-state index contributed by atoms with van der Waals surface area (Å²) >= 11 is 0. The van der Waals surface area contributed by atoms with Gasteiger partial charge in [0, 0.05) is 11.5 Å². The summed E-state index contributed by atoms with van der Waals surface area (Å²) in [6.07, 6.45) is 1.44. The van der Waals surface area contributed by atoms with Gasteiger partial charge in [-0.05, 0) is 36.4 Å². The number of nitrogens with zero attached hydrogens (tertiary/aromatic N) is 2. The van der Waals surface area contributed by atoms with Crippen LogP contribution in [0.1, 0.15) is 37.0 Å². The third-order valence-electron chi connectivity index (χ3n) is 3.54. The Morgan fingerprint density at radius 1 is 1.21 bits per heavy atom. The molecule has 0 spiro atoms. The summed E-state index contributed by atoms with van der Waals surface area (Å²) < 4.78 is 19.9. The van der Waals surface area contributed by atoms with Gasteiger partial charge < -0.3 is 9.73 Å². The predicted octanol–water partition coefficient (Wildman–Crippen LogP) is 4.15. The highest BCUT2D eigenvalue weighted by molar-refractivity contribution is 6.01. The second kappa shape index (κ2) is 5.96. The fraction of sp³-hybridized carbons (Fsp3) is 0.222. The fourth-order valence-corrected chi connectivity index (χ4v) is 2.20. The van der Waals surface area contributed by atoms with Gasteiger partial charge in [-0.15, -0.1) is 0 Å². The number of carbonyl (C=O) groups is 1. The van der Waals surface area contributed by atoms with Crippen molar-refractivity contribution in [3.8, 4) is 5.69 Å². The molecule has 0 fully saturated rings. The molecule has 2 aromatic heterocycles. The van der Waals surface area contributed by atoms with Gasteiger partial charge >= 0.3 is 0 Å². The minimum Gasteiger partial charge on any atom is -0.459 e. The van der Waals surface area contributed by atoms with Crippen LogP contribution in [0.15, 0.2) is 53.1 Å². The van der Waals surface area contributed by atoms with Gasteiger partial charge in [-0.2, -0.15) is 5.10 Å². The van der Waals surface area contributed by atoms with E-state index in [1.165, 1.54) is 18.4 Å². The molecule has 1 aromatic carbocycles. The minimum atomic E-state index is -0.372. The van der Waals surface area contributed by atoms with E-state index in [1.54, 1.807) is 28.9 Å². The van der Waals surface area contributed by atoms with Crippen LogP contribution in [0.5, 0.6) is 0 Å². The molecule has 0 saturated heterocycles. The van der Waals surface area contributed by atoms with Gasteiger partial charge in [0.2, 0.25) is 0 Å². The summed E-state index contributed by atoms with van der Waals surface area (Å²) in [5.41, 5.74) is 1.26. The van der Waals surface area contributed by atoms with Gasteiger partial charge in [-0.3, -0.25) is 4.79 Å². The van der Waals surface area contributed by atoms with Gasteiger partial charge in [0.05, 0.1) is 17.6 Å². The van der Waals surface area contributed by atoms with E-state index in [9.17, 15) is 9.18 Å². The predicted molar refractivity (Wildman–Crippen MR) is 88.9 cm³/mol. The van der Waals surface area contributed by atoms with Crippen molar-refractivity contribution in [2.45, 2.75) is 26.2 Å². The highest BCUT2D eigenvalue weighted by Crippen LogP contribution is 2.26. The number of anilines is 1. The Morgan fingerprint density at radius 2 is 1.92 bits per heavy atom. The van der Waals surface area contributed by atoms with Gasteiger partial charge in [-0.25, -0.2) is 9.07 Å². The lowest BCUT2D eigenvalue weighted by Gasteiger charge is -2.14. The molecule has 1 amide bonds. The highest BCUT2D eigenvalue weighted by atomic mass is 19.1. The number of aromatic nitrogens is 2. The molecule has 0 atom stereocenters. The molecule has 0 bridgehead atoms. The molecule has 0 radical (unpaired) electrons. The van der Waals surface area contributed by atoms with Crippen molar-refractivity contribution in [2.75, 3.05) is 5.32 Å². The van der Waals surface area contributed by atoms with Crippen molar-refractivity contribution in [1.29, 1.82) is 0 Å². The van der Waals surface area contributed by atoms with Crippen LogP contribution in [0.3, 0.4) is 0 Å². The third-order valence-corrected chi connectivity index (χ3v) is 3.54. The molecule has 3 rings (SSSR count). The lowest BCUT2D eigenvalue weighted by molar-refractivity contribution is 0.0996. The van der Waals surface area contributed by atoms with E-state index >= 15 is 0 Å². The lowest BCUT2D eigenvalue weighted by Crippen LogP contribution is -2.14. The van der Waals surface area contributed by atoms with Crippen molar-refractivity contribution in [1.82, 2.24) is 9.78 Å². The zero-order chi connectivity index (χ0) is 17.3. The van der Waals surface area contributed by atoms with Crippen LogP contribution in [0.2, 0.25) is 0 Å². The first-order chi connectivity index (χ1) is 11.3. The van der Waals surface area contributed by atoms with E-state index in [0.29, 0.717) is 11.5 Å². The maximum Gasteiger partial charge on any atom is 0.292 e. The summed E-state index contributed by atoms with van der Waals surface area (Å²) in [6.45, 7) is 6.09. The summed E-state index contributed by atoms with van der Waals surface area (Å²) in [5.74, 6) is -0.000981. The number of hydrogen-bond acceptors (Lipinski definition) is 3. The van der Waals surface area contributed by atoms with Crippen molar-refractivity contribution in [3.05, 3.63) is 66.0 Å². The number of nitrogens with one attached hydrogen (secondary N) is 1. The average Bonchev–Trinajstić information content (AvgIpc) is 3.16. The molecule has 0 aliphatic rings. The van der Waals surface area contributed by atoms with E-state index in [1.807, 2.05) is 26.8 Å². The Kier molecular flexibility index (Phi) is 3.97. The Bertz CT molecular complexity index is 844. The number of amides is 1. The fourth-order valence-electron chi connectivity index (χ4n) is 2.20. The molecule has 5 nitrogen and oxygen atoms in total. The summed E-state index contributed by atoms with van der Waals surface area (Å²) in [6, 6.07) is 11.0. The third kappa shape index (κ3) is 3.22. The van der Waals surface area contributed by atoms with E-state index in [4.69, 9.17) is 4.42 Å². The number of carbonyl (C=O) groups excluding carboxylic acids is 1. The monoisotopic (exact) mass is 327 g/mol. The molecule has 6 heteroatoms. The molecule has 0 aliphatic heterocycles. The standard InChI is InChI=1S/C18H18FN3O2/c1-18(2,3)15-11-16(20-17(23)14-5-4-10-24-14)22(21-15)13-8-6-12(19)7-9-13/h4-11H,1-3H3,(H,20,23). The molecule has 2 heterocycles. The lowest BCUT2D eigenvalue weighted by atomic mass is 9.92. The smallest absolute Gasteiger partial charge is 0.292 e. The van der Waals surface area contributed by atoms with Crippen LogP contribution in [0.25, 0.3) is 5.69 Å². The molecule has 124 valence electrons. The van der Waals surface area contributed by atoms with E-state index < -0.39 is 0 Å². The summed E-state index contributed by atoms with van der Waals surface area (Å²) in [7, 11) is 0. The van der Waals surface area contributed by atoms with Crippen LogP contribution >= 0.6 is 0 Å². The summed E-state index contributed by atoms with van der Waals surface area (Å²) in [4.78, 5) is 12.3. The van der Waals surface area contributed by atoms with E-state index in [-0.39, 0.29) is 22.9 Å². The van der Waals surface area contributed by atoms with Crippen LogP contribution in [-0.4, -0.2) is 15.7 Å². The minimum absolute atomic E-state index is 0.199. The van der Waals surface area contributed by atoms with E-state index in [2.05, 4.69) is 10.4 Å². The normalized spacial score (nSPS) is 11.5. The Labute approximate surface area is 139 Å². The number of hydrogen-bond donors (Lipinski definition) is 1. The first-order valence-electron chi connectivity index (χ1n) is 7.56. The van der Waals surface area contributed by atoms with Gasteiger partial charge in [0.25, 0.3) is 5.91 Å². The van der Waals surface area contributed by atoms with Crippen molar-refractivity contribution in [3.63, 3.8) is 0 Å². The Morgan fingerprint density at radius 3 is 2.50 bits per heavy atom. The maximum absolute atomic E-state index is 13.2. The van der Waals surface area contributed by atoms with Crippen molar-refractivity contribution < 1.29 is 13.6 Å². The van der Waals surface area contributed by atoms with Crippen LogP contribution in [-0.2, 0) is 5.41 Å². The molecule has 0 aliphatic carbocycles. The van der Waals surface area contributed by atoms with Crippen LogP contribution in [0.4, 0.5) is 10.2 Å². The van der Waals surface area contributed by atoms with Gasteiger partial charge in [0.15, 0.2) is 5.76 Å². The molecule has 1 N–H and O–H groups in total. The van der Waals surface area contributed by atoms with Crippen molar-refractivity contribution >= 4 is 11.7 Å². The van der Waals surface area contributed by atoms with Crippen molar-refractivity contribution in [2.24, 2.45) is 0 Å². The number of furan rings is 1. The molecule has 3 aromatic rings. The number of halogens is 1. The van der Waals surface area contributed by atoms with Crippen LogP contribution < -0.4 is 5.32 Å². The second-order valence-electron chi connectivity index (χ2n) is 6.48.